The molecule has 0 aromatic heterocycles. The molecular weight excluding hydrogens is 316 g/mol. The molecule has 0 unspecified atom stereocenters. The Labute approximate surface area is 137 Å². The third-order valence-corrected chi connectivity index (χ3v) is 6.75. The molecule has 0 spiro atoms. The first kappa shape index (κ1) is 17.7. The predicted molar refractivity (Wildman–Crippen MR) is 89.6 cm³/mol. The van der Waals surface area contributed by atoms with Gasteiger partial charge >= 0.3 is 6.02 Å². The van der Waals surface area contributed by atoms with Gasteiger partial charge in [-0.1, -0.05) is 30.3 Å². The van der Waals surface area contributed by atoms with Crippen LogP contribution in [0.4, 0.5) is 0 Å². The molecule has 0 aliphatic carbocycles. The van der Waals surface area contributed by atoms with Crippen LogP contribution >= 0.6 is 0 Å². The molecule has 1 heterocycles. The van der Waals surface area contributed by atoms with Crippen LogP contribution in [0.15, 0.2) is 34.7 Å². The van der Waals surface area contributed by atoms with Gasteiger partial charge in [0.05, 0.1) is 6.04 Å². The van der Waals surface area contributed by atoms with E-state index in [1.165, 1.54) is 0 Å². The number of aliphatic hydroxyl groups is 1. The minimum absolute atomic E-state index is 0.0309. The van der Waals surface area contributed by atoms with Crippen molar-refractivity contribution >= 4 is 16.0 Å². The molecule has 6 nitrogen and oxygen atoms in total. The smallest absolute Gasteiger partial charge is 0.301 e. The van der Waals surface area contributed by atoms with Crippen molar-refractivity contribution in [2.24, 2.45) is 4.40 Å². The van der Waals surface area contributed by atoms with Gasteiger partial charge < -0.3 is 15.2 Å². The van der Waals surface area contributed by atoms with Crippen LogP contribution in [-0.4, -0.2) is 36.5 Å². The molecule has 0 saturated carbocycles. The van der Waals surface area contributed by atoms with Gasteiger partial charge in [-0.25, -0.2) is 8.42 Å². The lowest BCUT2D eigenvalue weighted by Crippen LogP contribution is -2.58. The van der Waals surface area contributed by atoms with Crippen molar-refractivity contribution in [2.45, 2.75) is 50.5 Å². The predicted octanol–water partition coefficient (Wildman–Crippen LogP) is 1.97. The number of hydrogen-bond acceptors (Lipinski definition) is 5. The maximum absolute atomic E-state index is 12.4. The van der Waals surface area contributed by atoms with Crippen molar-refractivity contribution < 1.29 is 18.3 Å². The van der Waals surface area contributed by atoms with Gasteiger partial charge in [-0.15, -0.1) is 4.40 Å². The molecule has 2 N–H and O–H groups in total. The Morgan fingerprint density at radius 3 is 2.35 bits per heavy atom. The highest BCUT2D eigenvalue weighted by atomic mass is 32.2. The lowest BCUT2D eigenvalue weighted by molar-refractivity contribution is 0.0473. The fourth-order valence-corrected chi connectivity index (χ4v) is 3.46. The van der Waals surface area contributed by atoms with Crippen molar-refractivity contribution in [1.82, 2.24) is 5.32 Å². The van der Waals surface area contributed by atoms with Crippen LogP contribution in [0.5, 0.6) is 0 Å². The van der Waals surface area contributed by atoms with Crippen LogP contribution in [0.3, 0.4) is 0 Å². The van der Waals surface area contributed by atoms with Crippen LogP contribution in [0, 0.1) is 0 Å². The molecule has 23 heavy (non-hydrogen) atoms. The number of nitrogens with one attached hydrogen (secondary N) is 1. The number of benzene rings is 1. The van der Waals surface area contributed by atoms with Crippen LogP contribution < -0.4 is 5.32 Å². The first-order valence-corrected chi connectivity index (χ1v) is 9.00. The van der Waals surface area contributed by atoms with E-state index in [2.05, 4.69) is 9.71 Å². The molecule has 1 aromatic rings. The zero-order valence-corrected chi connectivity index (χ0v) is 14.7. The third kappa shape index (κ3) is 3.35. The fourth-order valence-electron chi connectivity index (χ4n) is 2.26. The lowest BCUT2D eigenvalue weighted by atomic mass is 9.93. The first-order valence-electron chi connectivity index (χ1n) is 7.56. The minimum Gasteiger partial charge on any atom is -0.457 e. The van der Waals surface area contributed by atoms with Crippen LogP contribution in [0.25, 0.3) is 0 Å². The van der Waals surface area contributed by atoms with E-state index in [0.29, 0.717) is 6.42 Å². The lowest BCUT2D eigenvalue weighted by Gasteiger charge is -2.42. The highest BCUT2D eigenvalue weighted by Crippen LogP contribution is 2.37. The molecular formula is C16H24N2O4S. The monoisotopic (exact) mass is 340 g/mol. The summed E-state index contributed by atoms with van der Waals surface area (Å²) < 4.78 is 33.3. The van der Waals surface area contributed by atoms with E-state index in [-0.39, 0.29) is 18.7 Å². The molecule has 0 saturated heterocycles. The summed E-state index contributed by atoms with van der Waals surface area (Å²) in [5, 5.41) is 12.3. The van der Waals surface area contributed by atoms with E-state index in [0.717, 1.165) is 5.56 Å². The van der Waals surface area contributed by atoms with Gasteiger partial charge in [-0.2, -0.15) is 0 Å². The van der Waals surface area contributed by atoms with Crippen LogP contribution in [0.1, 0.15) is 45.7 Å². The summed E-state index contributed by atoms with van der Waals surface area (Å²) in [6, 6.07) is 9.15. The topological polar surface area (TPSA) is 88.0 Å². The van der Waals surface area contributed by atoms with Crippen molar-refractivity contribution in [3.63, 3.8) is 0 Å². The Morgan fingerprint density at radius 2 is 1.83 bits per heavy atom. The molecule has 0 radical (unpaired) electrons. The molecule has 1 aliphatic heterocycles. The third-order valence-electron chi connectivity index (χ3n) is 4.57. The quantitative estimate of drug-likeness (QED) is 0.875. The van der Waals surface area contributed by atoms with E-state index >= 15 is 0 Å². The van der Waals surface area contributed by atoms with Gasteiger partial charge in [0.15, 0.2) is 0 Å². The van der Waals surface area contributed by atoms with Crippen molar-refractivity contribution in [1.29, 1.82) is 0 Å². The largest absolute Gasteiger partial charge is 0.457 e. The zero-order chi connectivity index (χ0) is 17.3. The molecule has 128 valence electrons. The highest BCUT2D eigenvalue weighted by molar-refractivity contribution is 7.91. The van der Waals surface area contributed by atoms with E-state index in [9.17, 15) is 13.5 Å². The second-order valence-electron chi connectivity index (χ2n) is 6.61. The average Bonchev–Trinajstić information content (AvgIpc) is 2.45. The number of nitrogens with zero attached hydrogens (tertiary/aromatic N) is 1. The van der Waals surface area contributed by atoms with Crippen LogP contribution in [0.2, 0.25) is 0 Å². The number of sulfonamides is 1. The summed E-state index contributed by atoms with van der Waals surface area (Å²) in [5.41, 5.74) is -0.0102. The summed E-state index contributed by atoms with van der Waals surface area (Å²) in [5.74, 6) is 0. The Morgan fingerprint density at radius 1 is 1.22 bits per heavy atom. The molecule has 7 heteroatoms. The van der Waals surface area contributed by atoms with E-state index in [4.69, 9.17) is 4.74 Å². The van der Waals surface area contributed by atoms with Gasteiger partial charge in [0.25, 0.3) is 10.0 Å². The second kappa shape index (κ2) is 6.13. The molecule has 0 fully saturated rings. The molecule has 1 aliphatic rings. The average molecular weight is 340 g/mol. The standard InChI is InChI=1S/C16H24N2O4S/c1-15(2)16(3,4)23(20,21)18-14(22-15)17-13(10-11-19)12-8-6-5-7-9-12/h5-9,13,19H,10-11H2,1-4H3,(H,17,18)/t13-/m0/s1. The summed E-state index contributed by atoms with van der Waals surface area (Å²) in [4.78, 5) is 0. The molecule has 0 amide bonds. The number of rotatable bonds is 4. The molecule has 0 bridgehead atoms. The summed E-state index contributed by atoms with van der Waals surface area (Å²) in [7, 11) is -3.72. The van der Waals surface area contributed by atoms with Gasteiger partial charge in [0.1, 0.15) is 10.3 Å². The van der Waals surface area contributed by atoms with Crippen molar-refractivity contribution in [2.75, 3.05) is 6.61 Å². The minimum atomic E-state index is -3.72. The number of aliphatic hydroxyl groups excluding tert-OH is 1. The Balaban J connectivity index is 2.33. The van der Waals surface area contributed by atoms with Gasteiger partial charge in [0, 0.05) is 6.61 Å². The highest BCUT2D eigenvalue weighted by Gasteiger charge is 2.53. The molecule has 1 atom stereocenters. The van der Waals surface area contributed by atoms with Gasteiger partial charge in [-0.3, -0.25) is 0 Å². The van der Waals surface area contributed by atoms with E-state index < -0.39 is 20.4 Å². The normalized spacial score (nSPS) is 22.6. The number of ether oxygens (including phenoxy) is 1. The van der Waals surface area contributed by atoms with Crippen LogP contribution in [-0.2, 0) is 14.8 Å². The first-order chi connectivity index (χ1) is 10.6. The zero-order valence-electron chi connectivity index (χ0n) is 13.9. The molecule has 1 aromatic carbocycles. The van der Waals surface area contributed by atoms with Crippen molar-refractivity contribution in [3.8, 4) is 0 Å². The maximum atomic E-state index is 12.4. The Hall–Kier alpha value is -1.60. The van der Waals surface area contributed by atoms with Gasteiger partial charge in [0.2, 0.25) is 0 Å². The number of hydrogen-bond donors (Lipinski definition) is 2. The summed E-state index contributed by atoms with van der Waals surface area (Å²) in [6.07, 6.45) is 0.413. The SMILES string of the molecule is CC1(C)OC(N[C@@H](CCO)c2ccccc2)=NS(=O)(=O)C1(C)C. The van der Waals surface area contributed by atoms with E-state index in [1.807, 2.05) is 30.3 Å². The van der Waals surface area contributed by atoms with Crippen molar-refractivity contribution in [3.05, 3.63) is 35.9 Å². The Kier molecular flexibility index (Phi) is 4.73. The maximum Gasteiger partial charge on any atom is 0.301 e. The van der Waals surface area contributed by atoms with E-state index in [1.54, 1.807) is 27.7 Å². The number of amidine groups is 1. The summed E-state index contributed by atoms with van der Waals surface area (Å²) in [6.45, 7) is 6.62. The fraction of sp³-hybridized carbons (Fsp3) is 0.562. The Bertz CT molecular complexity index is 681. The van der Waals surface area contributed by atoms with Gasteiger partial charge in [-0.05, 0) is 39.7 Å². The molecule has 2 rings (SSSR count). The second-order valence-corrected chi connectivity index (χ2v) is 8.77. The summed E-state index contributed by atoms with van der Waals surface area (Å²) >= 11 is 0.